The van der Waals surface area contributed by atoms with Crippen LogP contribution in [0.4, 0.5) is 18.9 Å². The standard InChI is InChI=1S/C26H31Cl2F3N4O4S/c1-3-40(38,39)23-7-6-18(27)13-22(23)34(2)25(37)17-11-20(26(29,30)31)19(21(28)12-17)15-35-10-4-5-16(14-35)24(36)33-9-8-32/h6-7,11-13,16H,3-5,8-10,14-15,32H2,1-2H3,(H,33,36)/t16-/m0/s1. The minimum absolute atomic E-state index is 0.0691. The largest absolute Gasteiger partial charge is 0.416 e. The van der Waals surface area contributed by atoms with Gasteiger partial charge in [-0.05, 0) is 55.3 Å². The molecule has 2 aromatic carbocycles. The van der Waals surface area contributed by atoms with E-state index >= 15 is 0 Å². The van der Waals surface area contributed by atoms with E-state index in [9.17, 15) is 31.2 Å². The quantitative estimate of drug-likeness (QED) is 0.429. The van der Waals surface area contributed by atoms with E-state index in [1.54, 1.807) is 4.90 Å². The molecular formula is C26H31Cl2F3N4O4S. The third kappa shape index (κ3) is 7.47. The van der Waals surface area contributed by atoms with Gasteiger partial charge in [0.25, 0.3) is 5.91 Å². The zero-order valence-electron chi connectivity index (χ0n) is 22.0. The normalized spacial score (nSPS) is 16.6. The van der Waals surface area contributed by atoms with Gasteiger partial charge in [-0.1, -0.05) is 30.1 Å². The van der Waals surface area contributed by atoms with Crippen LogP contribution in [0.5, 0.6) is 0 Å². The number of sulfone groups is 1. The first kappa shape index (κ1) is 32.1. The van der Waals surface area contributed by atoms with Crippen LogP contribution >= 0.6 is 23.2 Å². The molecule has 8 nitrogen and oxygen atoms in total. The molecule has 2 aromatic rings. The Kier molecular flexibility index (Phi) is 10.5. The van der Waals surface area contributed by atoms with Crippen molar-refractivity contribution in [3.63, 3.8) is 0 Å². The minimum Gasteiger partial charge on any atom is -0.355 e. The molecule has 220 valence electrons. The molecule has 0 aromatic heterocycles. The highest BCUT2D eigenvalue weighted by Gasteiger charge is 2.37. The van der Waals surface area contributed by atoms with Crippen LogP contribution in [0.25, 0.3) is 0 Å². The number of rotatable bonds is 9. The van der Waals surface area contributed by atoms with Gasteiger partial charge >= 0.3 is 6.18 Å². The van der Waals surface area contributed by atoms with Crippen molar-refractivity contribution in [3.8, 4) is 0 Å². The van der Waals surface area contributed by atoms with Gasteiger partial charge in [-0.3, -0.25) is 14.5 Å². The molecule has 0 aliphatic carbocycles. The summed E-state index contributed by atoms with van der Waals surface area (Å²) in [5.41, 5.74) is 3.69. The smallest absolute Gasteiger partial charge is 0.355 e. The average molecular weight is 624 g/mol. The average Bonchev–Trinajstić information content (AvgIpc) is 2.91. The fourth-order valence-corrected chi connectivity index (χ4v) is 6.17. The molecule has 1 fully saturated rings. The molecule has 1 heterocycles. The number of benzene rings is 2. The van der Waals surface area contributed by atoms with Crippen molar-refractivity contribution in [2.45, 2.75) is 37.4 Å². The number of halogens is 5. The molecule has 1 saturated heterocycles. The van der Waals surface area contributed by atoms with Crippen LogP contribution in [0.2, 0.25) is 10.0 Å². The summed E-state index contributed by atoms with van der Waals surface area (Å²) in [4.78, 5) is 28.2. The number of alkyl halides is 3. The first-order valence-corrected chi connectivity index (χ1v) is 15.0. The van der Waals surface area contributed by atoms with Crippen molar-refractivity contribution in [3.05, 3.63) is 57.1 Å². The molecule has 3 N–H and O–H groups in total. The lowest BCUT2D eigenvalue weighted by molar-refractivity contribution is -0.138. The summed E-state index contributed by atoms with van der Waals surface area (Å²) < 4.78 is 67.9. The van der Waals surface area contributed by atoms with Gasteiger partial charge in [-0.25, -0.2) is 8.42 Å². The molecule has 0 unspecified atom stereocenters. The van der Waals surface area contributed by atoms with Gasteiger partial charge in [0.15, 0.2) is 9.84 Å². The summed E-state index contributed by atoms with van der Waals surface area (Å²) >= 11 is 12.4. The number of hydrogen-bond acceptors (Lipinski definition) is 6. The summed E-state index contributed by atoms with van der Waals surface area (Å²) in [5.74, 6) is -1.75. The first-order valence-electron chi connectivity index (χ1n) is 12.6. The lowest BCUT2D eigenvalue weighted by Crippen LogP contribution is -2.43. The van der Waals surface area contributed by atoms with E-state index in [1.807, 2.05) is 0 Å². The molecule has 1 aliphatic rings. The Morgan fingerprint density at radius 1 is 1.20 bits per heavy atom. The third-order valence-corrected chi connectivity index (χ3v) is 9.10. The predicted molar refractivity (Wildman–Crippen MR) is 148 cm³/mol. The van der Waals surface area contributed by atoms with E-state index in [0.717, 1.165) is 11.0 Å². The fourth-order valence-electron chi connectivity index (χ4n) is 4.62. The molecule has 14 heteroatoms. The van der Waals surface area contributed by atoms with Crippen molar-refractivity contribution in [1.82, 2.24) is 10.2 Å². The third-order valence-electron chi connectivity index (χ3n) is 6.75. The number of carbonyl (C=O) groups excluding carboxylic acids is 2. The van der Waals surface area contributed by atoms with Crippen LogP contribution in [0.3, 0.4) is 0 Å². The van der Waals surface area contributed by atoms with Crippen LogP contribution < -0.4 is 16.0 Å². The number of amides is 2. The number of nitrogens with zero attached hydrogens (tertiary/aromatic N) is 2. The Hall–Kier alpha value is -2.38. The Balaban J connectivity index is 1.95. The van der Waals surface area contributed by atoms with Gasteiger partial charge < -0.3 is 16.0 Å². The van der Waals surface area contributed by atoms with Gasteiger partial charge in [0.1, 0.15) is 0 Å². The molecule has 0 bridgehead atoms. The highest BCUT2D eigenvalue weighted by Crippen LogP contribution is 2.38. The van der Waals surface area contributed by atoms with Gasteiger partial charge in [-0.2, -0.15) is 13.2 Å². The van der Waals surface area contributed by atoms with Crippen LogP contribution in [0, 0.1) is 5.92 Å². The van der Waals surface area contributed by atoms with Gasteiger partial charge in [0.2, 0.25) is 5.91 Å². The first-order chi connectivity index (χ1) is 18.7. The van der Waals surface area contributed by atoms with Gasteiger partial charge in [0, 0.05) is 48.8 Å². The highest BCUT2D eigenvalue weighted by atomic mass is 35.5. The summed E-state index contributed by atoms with van der Waals surface area (Å²) in [5, 5.41) is 2.59. The van der Waals surface area contributed by atoms with Crippen LogP contribution in [-0.2, 0) is 27.4 Å². The van der Waals surface area contributed by atoms with Gasteiger partial charge in [-0.15, -0.1) is 0 Å². The van der Waals surface area contributed by atoms with E-state index in [-0.39, 0.29) is 63.0 Å². The molecular weight excluding hydrogens is 592 g/mol. The maximum Gasteiger partial charge on any atom is 0.416 e. The summed E-state index contributed by atoms with van der Waals surface area (Å²) in [6, 6.07) is 5.72. The zero-order valence-corrected chi connectivity index (χ0v) is 24.4. The molecule has 2 amide bonds. The van der Waals surface area contributed by atoms with Crippen LogP contribution in [0.15, 0.2) is 35.2 Å². The molecule has 3 rings (SSSR count). The number of nitrogens with two attached hydrogens (primary N) is 1. The van der Waals surface area contributed by atoms with Crippen molar-refractivity contribution in [1.29, 1.82) is 0 Å². The maximum absolute atomic E-state index is 14.2. The van der Waals surface area contributed by atoms with E-state index in [1.165, 1.54) is 32.2 Å². The number of anilines is 1. The zero-order chi connectivity index (χ0) is 29.8. The van der Waals surface area contributed by atoms with Crippen LogP contribution in [0.1, 0.15) is 41.3 Å². The Bertz CT molecular complexity index is 1370. The molecule has 0 radical (unpaired) electrons. The lowest BCUT2D eigenvalue weighted by atomic mass is 9.95. The molecule has 1 atom stereocenters. The minimum atomic E-state index is -4.84. The number of hydrogen-bond donors (Lipinski definition) is 2. The van der Waals surface area contributed by atoms with E-state index in [2.05, 4.69) is 5.32 Å². The number of piperidine rings is 1. The summed E-state index contributed by atoms with van der Waals surface area (Å²) in [6.07, 6.45) is -3.62. The summed E-state index contributed by atoms with van der Waals surface area (Å²) in [7, 11) is -2.53. The summed E-state index contributed by atoms with van der Waals surface area (Å²) in [6.45, 7) is 2.56. The van der Waals surface area contributed by atoms with E-state index < -0.39 is 33.4 Å². The molecule has 1 aliphatic heterocycles. The fraction of sp³-hybridized carbons (Fsp3) is 0.462. The maximum atomic E-state index is 14.2. The van der Waals surface area contributed by atoms with Crippen molar-refractivity contribution < 1.29 is 31.2 Å². The lowest BCUT2D eigenvalue weighted by Gasteiger charge is -2.33. The van der Waals surface area contributed by atoms with Crippen molar-refractivity contribution in [2.75, 3.05) is 43.9 Å². The molecule has 40 heavy (non-hydrogen) atoms. The monoisotopic (exact) mass is 622 g/mol. The van der Waals surface area contributed by atoms with E-state index in [0.29, 0.717) is 32.0 Å². The topological polar surface area (TPSA) is 113 Å². The Morgan fingerprint density at radius 3 is 2.52 bits per heavy atom. The van der Waals surface area contributed by atoms with Crippen molar-refractivity contribution in [2.24, 2.45) is 11.7 Å². The SMILES string of the molecule is CCS(=O)(=O)c1ccc(Cl)cc1N(C)C(=O)c1cc(Cl)c(CN2CCC[C@H](C(=O)NCCN)C2)c(C(F)(F)F)c1. The molecule has 0 spiro atoms. The second-order valence-corrected chi connectivity index (χ2v) is 12.6. The Morgan fingerprint density at radius 2 is 1.90 bits per heavy atom. The van der Waals surface area contributed by atoms with Gasteiger partial charge in [0.05, 0.1) is 27.8 Å². The Labute approximate surface area is 241 Å². The highest BCUT2D eigenvalue weighted by molar-refractivity contribution is 7.91. The predicted octanol–water partition coefficient (Wildman–Crippen LogP) is 4.37. The number of likely N-dealkylation sites (tertiary alicyclic amines) is 1. The second kappa shape index (κ2) is 13.1. The second-order valence-electron chi connectivity index (χ2n) is 9.52. The number of carbonyl (C=O) groups is 2. The molecule has 0 saturated carbocycles. The van der Waals surface area contributed by atoms with Crippen molar-refractivity contribution >= 4 is 50.5 Å². The van der Waals surface area contributed by atoms with Crippen LogP contribution in [-0.4, -0.2) is 64.1 Å². The van der Waals surface area contributed by atoms with E-state index in [4.69, 9.17) is 28.9 Å². The number of nitrogens with one attached hydrogen (secondary N) is 1.